The summed E-state index contributed by atoms with van der Waals surface area (Å²) in [6, 6.07) is 7.21. The first-order valence-corrected chi connectivity index (χ1v) is 8.09. The van der Waals surface area contributed by atoms with Crippen molar-refractivity contribution in [2.24, 2.45) is 5.92 Å². The summed E-state index contributed by atoms with van der Waals surface area (Å²) in [5, 5.41) is 7.71. The Morgan fingerprint density at radius 3 is 2.50 bits per heavy atom. The van der Waals surface area contributed by atoms with Crippen LogP contribution in [-0.4, -0.2) is 34.1 Å². The van der Waals surface area contributed by atoms with Crippen LogP contribution < -0.4 is 0 Å². The van der Waals surface area contributed by atoms with Crippen molar-refractivity contribution in [1.82, 2.24) is 15.1 Å². The Hall–Kier alpha value is -2.37. The number of amides is 1. The van der Waals surface area contributed by atoms with Gasteiger partial charge in [0.15, 0.2) is 0 Å². The van der Waals surface area contributed by atoms with Gasteiger partial charge in [0.2, 0.25) is 5.91 Å². The maximum atomic E-state index is 13.3. The van der Waals surface area contributed by atoms with E-state index >= 15 is 0 Å². The Bertz CT molecular complexity index is 680. The van der Waals surface area contributed by atoms with Gasteiger partial charge < -0.3 is 4.90 Å². The number of nitrogens with zero attached hydrogens (tertiary/aromatic N) is 3. The number of benzene rings is 1. The zero-order chi connectivity index (χ0) is 16.9. The lowest BCUT2D eigenvalue weighted by Gasteiger charge is -2.32. The second-order valence-electron chi connectivity index (χ2n) is 6.20. The summed E-state index contributed by atoms with van der Waals surface area (Å²) < 4.78 is 26.5. The molecule has 1 amide bonds. The van der Waals surface area contributed by atoms with Crippen LogP contribution in [0.15, 0.2) is 36.5 Å². The fourth-order valence-electron chi connectivity index (χ4n) is 3.14. The largest absolute Gasteiger partial charge is 0.342 e. The van der Waals surface area contributed by atoms with Crippen LogP contribution in [0.3, 0.4) is 0 Å². The van der Waals surface area contributed by atoms with Crippen molar-refractivity contribution in [1.29, 1.82) is 0 Å². The maximum absolute atomic E-state index is 13.3. The van der Waals surface area contributed by atoms with Gasteiger partial charge >= 0.3 is 0 Å². The van der Waals surface area contributed by atoms with E-state index in [2.05, 4.69) is 10.2 Å². The van der Waals surface area contributed by atoms with Gasteiger partial charge in [-0.2, -0.15) is 10.2 Å². The van der Waals surface area contributed by atoms with Gasteiger partial charge in [-0.05, 0) is 55.0 Å². The summed E-state index contributed by atoms with van der Waals surface area (Å²) in [6.07, 6.45) is 4.15. The molecule has 0 atom stereocenters. The highest BCUT2D eigenvalue weighted by atomic mass is 19.1. The zero-order valence-electron chi connectivity index (χ0n) is 13.3. The predicted octanol–water partition coefficient (Wildman–Crippen LogP) is 2.78. The van der Waals surface area contributed by atoms with E-state index in [1.807, 2.05) is 4.90 Å². The summed E-state index contributed by atoms with van der Waals surface area (Å²) in [4.78, 5) is 14.1. The zero-order valence-corrected chi connectivity index (χ0v) is 13.3. The Kier molecular flexibility index (Phi) is 5.13. The maximum Gasteiger partial charge on any atom is 0.228 e. The Balaban J connectivity index is 1.51. The van der Waals surface area contributed by atoms with Crippen molar-refractivity contribution < 1.29 is 13.6 Å². The van der Waals surface area contributed by atoms with Crippen LogP contribution in [0.25, 0.3) is 0 Å². The summed E-state index contributed by atoms with van der Waals surface area (Å²) in [6.45, 7) is 1.34. The van der Waals surface area contributed by atoms with Crippen molar-refractivity contribution >= 4 is 5.91 Å². The number of halogens is 2. The van der Waals surface area contributed by atoms with Gasteiger partial charge in [0.1, 0.15) is 11.6 Å². The van der Waals surface area contributed by atoms with E-state index in [0.29, 0.717) is 36.7 Å². The number of aromatic nitrogens is 2. The summed E-state index contributed by atoms with van der Waals surface area (Å²) in [5.74, 6) is -0.694. The van der Waals surface area contributed by atoms with E-state index in [1.165, 1.54) is 12.1 Å². The SMILES string of the molecule is O=C(Cc1cccnn1)N1CCC(Cc2cc(F)cc(F)c2)CC1. The molecule has 1 aromatic carbocycles. The molecule has 3 rings (SSSR count). The van der Waals surface area contributed by atoms with Gasteiger partial charge in [-0.3, -0.25) is 4.79 Å². The minimum Gasteiger partial charge on any atom is -0.342 e. The standard InChI is InChI=1S/C18H19F2N3O/c19-15-9-14(10-16(20)11-15)8-13-3-6-23(7-4-13)18(24)12-17-2-1-5-21-22-17/h1-2,5,9-11,13H,3-4,6-8,12H2. The third-order valence-corrected chi connectivity index (χ3v) is 4.37. The molecule has 4 nitrogen and oxygen atoms in total. The molecule has 2 aromatic rings. The van der Waals surface area contributed by atoms with E-state index < -0.39 is 11.6 Å². The average Bonchev–Trinajstić information content (AvgIpc) is 2.55. The number of hydrogen-bond donors (Lipinski definition) is 0. The van der Waals surface area contributed by atoms with E-state index in [1.54, 1.807) is 18.3 Å². The molecule has 2 heterocycles. The van der Waals surface area contributed by atoms with Gasteiger partial charge in [-0.15, -0.1) is 0 Å². The third-order valence-electron chi connectivity index (χ3n) is 4.37. The second-order valence-corrected chi connectivity index (χ2v) is 6.20. The Labute approximate surface area is 139 Å². The molecule has 126 valence electrons. The molecule has 1 saturated heterocycles. The first-order chi connectivity index (χ1) is 11.6. The fraction of sp³-hybridized carbons (Fsp3) is 0.389. The van der Waals surface area contributed by atoms with Crippen molar-refractivity contribution in [3.8, 4) is 0 Å². The minimum absolute atomic E-state index is 0.0470. The highest BCUT2D eigenvalue weighted by Crippen LogP contribution is 2.23. The third kappa shape index (κ3) is 4.34. The molecule has 0 radical (unpaired) electrons. The molecule has 6 heteroatoms. The summed E-state index contributed by atoms with van der Waals surface area (Å²) in [5.41, 5.74) is 1.34. The molecule has 0 saturated carbocycles. The van der Waals surface area contributed by atoms with Crippen LogP contribution in [0.4, 0.5) is 8.78 Å². The van der Waals surface area contributed by atoms with Crippen molar-refractivity contribution in [3.63, 3.8) is 0 Å². The Morgan fingerprint density at radius 2 is 1.88 bits per heavy atom. The van der Waals surface area contributed by atoms with E-state index in [-0.39, 0.29) is 12.3 Å². The van der Waals surface area contributed by atoms with Gasteiger partial charge in [0.25, 0.3) is 0 Å². The number of rotatable bonds is 4. The van der Waals surface area contributed by atoms with Crippen molar-refractivity contribution in [2.45, 2.75) is 25.7 Å². The summed E-state index contributed by atoms with van der Waals surface area (Å²) >= 11 is 0. The molecule has 0 aliphatic carbocycles. The molecule has 0 spiro atoms. The van der Waals surface area contributed by atoms with Crippen molar-refractivity contribution in [2.75, 3.05) is 13.1 Å². The first kappa shape index (κ1) is 16.5. The van der Waals surface area contributed by atoms with E-state index in [4.69, 9.17) is 0 Å². The molecule has 1 aliphatic rings. The van der Waals surface area contributed by atoms with Crippen LogP contribution in [0.5, 0.6) is 0 Å². The lowest BCUT2D eigenvalue weighted by Crippen LogP contribution is -2.39. The Morgan fingerprint density at radius 1 is 1.17 bits per heavy atom. The topological polar surface area (TPSA) is 46.1 Å². The smallest absolute Gasteiger partial charge is 0.228 e. The quantitative estimate of drug-likeness (QED) is 0.865. The van der Waals surface area contributed by atoms with Gasteiger partial charge in [-0.25, -0.2) is 8.78 Å². The van der Waals surface area contributed by atoms with Gasteiger partial charge in [-0.1, -0.05) is 0 Å². The molecule has 0 bridgehead atoms. The lowest BCUT2D eigenvalue weighted by atomic mass is 9.90. The van der Waals surface area contributed by atoms with Crippen LogP contribution in [0.1, 0.15) is 24.1 Å². The first-order valence-electron chi connectivity index (χ1n) is 8.09. The van der Waals surface area contributed by atoms with Crippen LogP contribution in [0, 0.1) is 17.6 Å². The summed E-state index contributed by atoms with van der Waals surface area (Å²) in [7, 11) is 0. The molecule has 1 aromatic heterocycles. The highest BCUT2D eigenvalue weighted by molar-refractivity contribution is 5.78. The van der Waals surface area contributed by atoms with Crippen LogP contribution >= 0.6 is 0 Å². The monoisotopic (exact) mass is 331 g/mol. The van der Waals surface area contributed by atoms with Crippen LogP contribution in [0.2, 0.25) is 0 Å². The van der Waals surface area contributed by atoms with Gasteiger partial charge in [0, 0.05) is 25.4 Å². The molecular formula is C18H19F2N3O. The highest BCUT2D eigenvalue weighted by Gasteiger charge is 2.23. The van der Waals surface area contributed by atoms with Crippen LogP contribution in [-0.2, 0) is 17.6 Å². The molecule has 24 heavy (non-hydrogen) atoms. The predicted molar refractivity (Wildman–Crippen MR) is 85.1 cm³/mol. The minimum atomic E-state index is -0.540. The van der Waals surface area contributed by atoms with Crippen molar-refractivity contribution in [3.05, 3.63) is 59.4 Å². The fourth-order valence-corrected chi connectivity index (χ4v) is 3.14. The molecular weight excluding hydrogens is 312 g/mol. The average molecular weight is 331 g/mol. The second kappa shape index (κ2) is 7.47. The van der Waals surface area contributed by atoms with Gasteiger partial charge in [0.05, 0.1) is 12.1 Å². The molecule has 1 fully saturated rings. The number of hydrogen-bond acceptors (Lipinski definition) is 3. The number of likely N-dealkylation sites (tertiary alicyclic amines) is 1. The normalized spacial score (nSPS) is 15.5. The lowest BCUT2D eigenvalue weighted by molar-refractivity contribution is -0.131. The van der Waals surface area contributed by atoms with E-state index in [9.17, 15) is 13.6 Å². The number of carbonyl (C=O) groups excluding carboxylic acids is 1. The molecule has 0 unspecified atom stereocenters. The number of piperidine rings is 1. The van der Waals surface area contributed by atoms with E-state index in [0.717, 1.165) is 18.9 Å². The molecule has 1 aliphatic heterocycles. The number of carbonyl (C=O) groups is 1. The molecule has 0 N–H and O–H groups in total.